The highest BCUT2D eigenvalue weighted by atomic mass is 16.4. The normalized spacial score (nSPS) is 9.44. The van der Waals surface area contributed by atoms with Crippen LogP contribution in [0.15, 0.2) is 12.4 Å². The molecule has 0 aromatic carbocycles. The van der Waals surface area contributed by atoms with Gasteiger partial charge in [0.05, 0.1) is 0 Å². The van der Waals surface area contributed by atoms with E-state index < -0.39 is 5.97 Å². The molecule has 1 rings (SSSR count). The summed E-state index contributed by atoms with van der Waals surface area (Å²) in [6.45, 7) is 0. The first kappa shape index (κ1) is 5.81. The summed E-state index contributed by atoms with van der Waals surface area (Å²) in [5, 5.41) is 10.1. The van der Waals surface area contributed by atoms with Crippen LogP contribution in [0.2, 0.25) is 0 Å². The first-order valence-corrected chi connectivity index (χ1v) is 2.40. The maximum absolute atomic E-state index is 10.1. The number of hydrogen-bond donors (Lipinski definition) is 0. The quantitative estimate of drug-likeness (QED) is 0.473. The van der Waals surface area contributed by atoms with Crippen LogP contribution in [0.3, 0.4) is 0 Å². The van der Waals surface area contributed by atoms with Crippen LogP contribution in [-0.4, -0.2) is 15.5 Å². The molecule has 48 valence electrons. The number of nitrogens with zero attached hydrogens (tertiary/aromatic N) is 2. The SMILES string of the molecule is Cn1ccnc1C(=O)[O-]. The fraction of sp³-hybridized carbons (Fsp3) is 0.200. The molecule has 0 atom stereocenters. The average Bonchev–Trinajstić information content (AvgIpc) is 2.13. The Labute approximate surface area is 51.8 Å². The molecule has 9 heavy (non-hydrogen) atoms. The largest absolute Gasteiger partial charge is 0.542 e. The third kappa shape index (κ3) is 0.910. The highest BCUT2D eigenvalue weighted by Crippen LogP contribution is 1.89. The molecule has 0 aliphatic heterocycles. The number of imidazole rings is 1. The van der Waals surface area contributed by atoms with Gasteiger partial charge in [-0.2, -0.15) is 0 Å². The molecule has 1 heterocycles. The number of hydrogen-bond acceptors (Lipinski definition) is 3. The Morgan fingerprint density at radius 1 is 1.89 bits per heavy atom. The molecule has 0 unspecified atom stereocenters. The summed E-state index contributed by atoms with van der Waals surface area (Å²) in [7, 11) is 1.60. The van der Waals surface area contributed by atoms with Crippen LogP contribution in [0.1, 0.15) is 10.6 Å². The van der Waals surface area contributed by atoms with Crippen molar-refractivity contribution >= 4 is 5.97 Å². The molecular weight excluding hydrogens is 120 g/mol. The summed E-state index contributed by atoms with van der Waals surface area (Å²) < 4.78 is 1.38. The molecule has 0 aliphatic carbocycles. The Morgan fingerprint density at radius 2 is 2.56 bits per heavy atom. The number of carboxylic acid groups (broad SMARTS) is 1. The van der Waals surface area contributed by atoms with Crippen LogP contribution < -0.4 is 5.11 Å². The average molecular weight is 125 g/mol. The second-order valence-electron chi connectivity index (χ2n) is 1.65. The van der Waals surface area contributed by atoms with Gasteiger partial charge in [-0.05, 0) is 0 Å². The number of carboxylic acids is 1. The standard InChI is InChI=1S/C5H6N2O2/c1-7-3-2-6-4(7)5(8)9/h2-3H,1H3,(H,8,9)/p-1. The minimum absolute atomic E-state index is 0.0463. The molecule has 4 nitrogen and oxygen atoms in total. The van der Waals surface area contributed by atoms with Gasteiger partial charge in [0.15, 0.2) is 5.82 Å². The monoisotopic (exact) mass is 125 g/mol. The van der Waals surface area contributed by atoms with E-state index in [1.807, 2.05) is 0 Å². The van der Waals surface area contributed by atoms with E-state index in [1.54, 1.807) is 13.2 Å². The van der Waals surface area contributed by atoms with Crippen LogP contribution >= 0.6 is 0 Å². The second-order valence-corrected chi connectivity index (χ2v) is 1.65. The third-order valence-corrected chi connectivity index (χ3v) is 1.00. The Balaban J connectivity index is 3.08. The van der Waals surface area contributed by atoms with E-state index in [2.05, 4.69) is 4.98 Å². The van der Waals surface area contributed by atoms with Gasteiger partial charge < -0.3 is 14.5 Å². The van der Waals surface area contributed by atoms with E-state index >= 15 is 0 Å². The van der Waals surface area contributed by atoms with Gasteiger partial charge in [0.2, 0.25) is 0 Å². The van der Waals surface area contributed by atoms with Crippen molar-refractivity contribution < 1.29 is 9.90 Å². The van der Waals surface area contributed by atoms with E-state index in [1.165, 1.54) is 10.8 Å². The van der Waals surface area contributed by atoms with Crippen molar-refractivity contribution in [3.63, 3.8) is 0 Å². The van der Waals surface area contributed by atoms with Crippen molar-refractivity contribution in [1.29, 1.82) is 0 Å². The van der Waals surface area contributed by atoms with Crippen molar-refractivity contribution in [2.24, 2.45) is 7.05 Å². The summed E-state index contributed by atoms with van der Waals surface area (Å²) in [6, 6.07) is 0. The van der Waals surface area contributed by atoms with Crippen molar-refractivity contribution in [3.05, 3.63) is 18.2 Å². The lowest BCUT2D eigenvalue weighted by molar-refractivity contribution is -0.256. The molecule has 1 aromatic rings. The maximum Gasteiger partial charge on any atom is 0.155 e. The molecule has 4 heteroatoms. The van der Waals surface area contributed by atoms with Gasteiger partial charge >= 0.3 is 0 Å². The van der Waals surface area contributed by atoms with E-state index in [0.717, 1.165) is 0 Å². The predicted molar refractivity (Wildman–Crippen MR) is 27.5 cm³/mol. The molecule has 0 aliphatic rings. The van der Waals surface area contributed by atoms with Crippen LogP contribution in [-0.2, 0) is 7.05 Å². The summed E-state index contributed by atoms with van der Waals surface area (Å²) in [4.78, 5) is 13.6. The molecule has 0 saturated carbocycles. The van der Waals surface area contributed by atoms with E-state index in [9.17, 15) is 9.90 Å². The Kier molecular flexibility index (Phi) is 1.22. The zero-order valence-corrected chi connectivity index (χ0v) is 4.87. The second kappa shape index (κ2) is 1.89. The highest BCUT2D eigenvalue weighted by Gasteiger charge is 1.96. The smallest absolute Gasteiger partial charge is 0.155 e. The van der Waals surface area contributed by atoms with Gasteiger partial charge in [-0.25, -0.2) is 4.98 Å². The van der Waals surface area contributed by atoms with Crippen molar-refractivity contribution in [2.75, 3.05) is 0 Å². The fourth-order valence-corrected chi connectivity index (χ4v) is 0.562. The summed E-state index contributed by atoms with van der Waals surface area (Å²) in [5.74, 6) is -1.29. The molecule has 1 aromatic heterocycles. The van der Waals surface area contributed by atoms with Gasteiger partial charge in [-0.15, -0.1) is 0 Å². The van der Waals surface area contributed by atoms with Gasteiger partial charge in [0, 0.05) is 19.4 Å². The number of aromatic carboxylic acids is 1. The molecular formula is C5H5N2O2-. The molecule has 0 radical (unpaired) electrons. The number of aromatic nitrogens is 2. The lowest BCUT2D eigenvalue weighted by atomic mass is 10.6. The van der Waals surface area contributed by atoms with E-state index in [-0.39, 0.29) is 5.82 Å². The maximum atomic E-state index is 10.1. The zero-order chi connectivity index (χ0) is 6.85. The Morgan fingerprint density at radius 3 is 2.78 bits per heavy atom. The first-order chi connectivity index (χ1) is 4.22. The molecule has 0 fully saturated rings. The minimum atomic E-state index is -1.25. The van der Waals surface area contributed by atoms with Gasteiger partial charge in [0.1, 0.15) is 5.97 Å². The molecule has 0 spiro atoms. The lowest BCUT2D eigenvalue weighted by Crippen LogP contribution is -2.25. The fourth-order valence-electron chi connectivity index (χ4n) is 0.562. The van der Waals surface area contributed by atoms with Crippen molar-refractivity contribution in [3.8, 4) is 0 Å². The van der Waals surface area contributed by atoms with Crippen LogP contribution in [0.25, 0.3) is 0 Å². The number of rotatable bonds is 1. The summed E-state index contributed by atoms with van der Waals surface area (Å²) in [6.07, 6.45) is 2.95. The summed E-state index contributed by atoms with van der Waals surface area (Å²) >= 11 is 0. The number of carbonyl (C=O) groups is 1. The molecule has 0 N–H and O–H groups in total. The van der Waals surface area contributed by atoms with Crippen molar-refractivity contribution in [2.45, 2.75) is 0 Å². The lowest BCUT2D eigenvalue weighted by Gasteiger charge is -1.99. The third-order valence-electron chi connectivity index (χ3n) is 1.00. The zero-order valence-electron chi connectivity index (χ0n) is 4.87. The van der Waals surface area contributed by atoms with Crippen molar-refractivity contribution in [1.82, 2.24) is 9.55 Å². The van der Waals surface area contributed by atoms with Crippen LogP contribution in [0, 0.1) is 0 Å². The Bertz CT molecular complexity index is 229. The topological polar surface area (TPSA) is 58.0 Å². The molecule has 0 saturated heterocycles. The minimum Gasteiger partial charge on any atom is -0.542 e. The van der Waals surface area contributed by atoms with Gasteiger partial charge in [-0.1, -0.05) is 0 Å². The Hall–Kier alpha value is -1.32. The summed E-state index contributed by atoms with van der Waals surface area (Å²) in [5.41, 5.74) is 0. The van der Waals surface area contributed by atoms with E-state index in [4.69, 9.17) is 0 Å². The van der Waals surface area contributed by atoms with Crippen LogP contribution in [0.4, 0.5) is 0 Å². The van der Waals surface area contributed by atoms with Crippen LogP contribution in [0.5, 0.6) is 0 Å². The number of carbonyl (C=O) groups excluding carboxylic acids is 1. The van der Waals surface area contributed by atoms with Gasteiger partial charge in [0.25, 0.3) is 0 Å². The molecule has 0 amide bonds. The van der Waals surface area contributed by atoms with Gasteiger partial charge in [-0.3, -0.25) is 0 Å². The first-order valence-electron chi connectivity index (χ1n) is 2.40. The highest BCUT2D eigenvalue weighted by molar-refractivity contribution is 5.81. The van der Waals surface area contributed by atoms with E-state index in [0.29, 0.717) is 0 Å². The predicted octanol–water partition coefficient (Wildman–Crippen LogP) is -1.22. The molecule has 0 bridgehead atoms. The number of aryl methyl sites for hydroxylation is 1.